The molecule has 0 aliphatic carbocycles. The molecule has 0 bridgehead atoms. The average molecular weight is 233 g/mol. The topological polar surface area (TPSA) is 147 Å². The summed E-state index contributed by atoms with van der Waals surface area (Å²) < 4.78 is 0. The predicted octanol–water partition coefficient (Wildman–Crippen LogP) is -1.30. The summed E-state index contributed by atoms with van der Waals surface area (Å²) >= 11 is 0. The first-order valence-electron chi connectivity index (χ1n) is 0. The quantitative estimate of drug-likeness (QED) is 0.371. The second-order valence-corrected chi connectivity index (χ2v) is 0. The third-order valence-electron chi connectivity index (χ3n) is 0. The number of rotatable bonds is 0. The minimum absolute atomic E-state index is 0. The van der Waals surface area contributed by atoms with Gasteiger partial charge in [-0.05, 0) is 0 Å². The molecule has 0 aliphatic rings. The van der Waals surface area contributed by atoms with Crippen molar-refractivity contribution in [3.63, 3.8) is 0 Å². The van der Waals surface area contributed by atoms with Gasteiger partial charge in [-0.1, -0.05) is 0 Å². The fourth-order valence-electron chi connectivity index (χ4n) is 0. The van der Waals surface area contributed by atoms with Gasteiger partial charge in [0.2, 0.25) is 0 Å². The van der Waals surface area contributed by atoms with Crippen LogP contribution in [0.3, 0.4) is 0 Å². The molecule has 0 rings (SSSR count). The average Bonchev–Trinajstić information content (AvgIpc) is 0. The summed E-state index contributed by atoms with van der Waals surface area (Å²) in [6.07, 6.45) is 0. The Balaban J connectivity index is 0. The van der Waals surface area contributed by atoms with Crippen LogP contribution in [0.5, 0.6) is 0 Å². The summed E-state index contributed by atoms with van der Waals surface area (Å²) in [5.74, 6) is 0. The molecule has 0 saturated heterocycles. The number of hydrogen-bond acceptors (Lipinski definition) is 1. The first-order chi connectivity index (χ1) is 0. The van der Waals surface area contributed by atoms with Gasteiger partial charge >= 0.3 is 19.5 Å². The van der Waals surface area contributed by atoms with Gasteiger partial charge in [-0.3, -0.25) is 0 Å². The van der Waals surface area contributed by atoms with E-state index in [2.05, 4.69) is 0 Å². The van der Waals surface area contributed by atoms with E-state index in [1.807, 2.05) is 0 Å². The van der Waals surface area contributed by atoms with Gasteiger partial charge in [0.05, 0.1) is 0 Å². The summed E-state index contributed by atoms with van der Waals surface area (Å²) in [7, 11) is 0. The van der Waals surface area contributed by atoms with Crippen LogP contribution in [0.1, 0.15) is 0 Å². The molecule has 0 saturated carbocycles. The predicted molar refractivity (Wildman–Crippen MR) is 18.7 cm³/mol. The van der Waals surface area contributed by atoms with Crippen molar-refractivity contribution < 1.29 is 65.4 Å². The van der Waals surface area contributed by atoms with Crippen molar-refractivity contribution in [2.24, 2.45) is 0 Å². The van der Waals surface area contributed by atoms with E-state index >= 15 is 0 Å². The molecule has 8 heavy (non-hydrogen) atoms. The fourth-order valence-corrected chi connectivity index (χ4v) is 0. The Morgan fingerprint density at radius 1 is 0.750 bits per heavy atom. The minimum atomic E-state index is 0. The van der Waals surface area contributed by atoms with Crippen molar-refractivity contribution in [2.45, 2.75) is 0 Å². The Kier molecular flexibility index (Phi) is 9170. The molecule has 1 atom stereocenters. The summed E-state index contributed by atoms with van der Waals surface area (Å²) in [5, 5.41) is 0. The van der Waals surface area contributed by atoms with Crippen molar-refractivity contribution in [3.05, 3.63) is 0 Å². The van der Waals surface area contributed by atoms with E-state index < -0.39 is 0 Å². The van der Waals surface area contributed by atoms with E-state index in [9.17, 15) is 0 Å². The SMILES string of the molecule is O.P.[O-2].[O-2].[O-2].[OH-].[V].[Zn+2]. The zero-order valence-corrected chi connectivity index (χ0v) is 9.81. The third-order valence-corrected chi connectivity index (χ3v) is 0. The molecule has 0 aromatic heterocycles. The Bertz CT molecular complexity index is 12.4. The Hall–Kier alpha value is 1.44. The Morgan fingerprint density at radius 2 is 0.750 bits per heavy atom. The molecule has 0 aromatic carbocycles. The van der Waals surface area contributed by atoms with Crippen LogP contribution in [0.25, 0.3) is 0 Å². The molecule has 0 aromatic rings. The molecule has 3 N–H and O–H groups in total. The van der Waals surface area contributed by atoms with Gasteiger partial charge in [-0.15, -0.1) is 0 Å². The zero-order chi connectivity index (χ0) is 0. The van der Waals surface area contributed by atoms with Crippen molar-refractivity contribution in [1.29, 1.82) is 0 Å². The van der Waals surface area contributed by atoms with E-state index in [-0.39, 0.29) is 75.3 Å². The largest absolute Gasteiger partial charge is 2.00 e. The van der Waals surface area contributed by atoms with Crippen LogP contribution in [0.2, 0.25) is 0 Å². The molecule has 1 unspecified atom stereocenters. The molecule has 0 heterocycles. The Morgan fingerprint density at radius 3 is 0.750 bits per heavy atom. The van der Waals surface area contributed by atoms with E-state index in [1.54, 1.807) is 0 Å². The minimum Gasteiger partial charge on any atom is -2.00 e. The number of hydrogen-bond donors (Lipinski definition) is 0. The Labute approximate surface area is 75.4 Å². The summed E-state index contributed by atoms with van der Waals surface area (Å²) in [6, 6.07) is 0. The molecule has 5 nitrogen and oxygen atoms in total. The summed E-state index contributed by atoms with van der Waals surface area (Å²) in [6.45, 7) is 0. The van der Waals surface area contributed by atoms with Crippen LogP contribution >= 0.6 is 9.90 Å². The smallest absolute Gasteiger partial charge is 2.00 e. The second-order valence-electron chi connectivity index (χ2n) is 0. The normalized spacial score (nSPS) is 0. The van der Waals surface area contributed by atoms with Crippen molar-refractivity contribution in [2.75, 3.05) is 0 Å². The van der Waals surface area contributed by atoms with Gasteiger partial charge in [-0.2, -0.15) is 9.90 Å². The van der Waals surface area contributed by atoms with E-state index in [4.69, 9.17) is 0 Å². The second kappa shape index (κ2) is 226. The fraction of sp³-hybridized carbons (Fsp3) is 0. The van der Waals surface area contributed by atoms with Crippen molar-refractivity contribution in [3.8, 4) is 0 Å². The van der Waals surface area contributed by atoms with Crippen LogP contribution in [-0.4, -0.2) is 11.0 Å². The molecule has 8 heteroatoms. The van der Waals surface area contributed by atoms with Crippen molar-refractivity contribution in [1.82, 2.24) is 0 Å². The summed E-state index contributed by atoms with van der Waals surface area (Å²) in [5.41, 5.74) is 0. The van der Waals surface area contributed by atoms with Gasteiger partial charge in [0.1, 0.15) is 0 Å². The molecular formula is H6O5PVZn-5. The third kappa shape index (κ3) is 149. The maximum atomic E-state index is 0. The zero-order valence-electron chi connectivity index (χ0n) is 4.03. The maximum Gasteiger partial charge on any atom is 2.00 e. The van der Waals surface area contributed by atoms with Crippen LogP contribution in [0.15, 0.2) is 0 Å². The van der Waals surface area contributed by atoms with E-state index in [0.29, 0.717) is 0 Å². The molecule has 0 aliphatic heterocycles. The molecule has 0 fully saturated rings. The maximum absolute atomic E-state index is 0. The van der Waals surface area contributed by atoms with Gasteiger partial charge in [-0.25, -0.2) is 0 Å². The molecule has 53 valence electrons. The molecular weight excluding hydrogens is 227 g/mol. The monoisotopic (exact) mass is 232 g/mol. The first kappa shape index (κ1) is 325. The molecule has 0 spiro atoms. The van der Waals surface area contributed by atoms with Gasteiger partial charge < -0.3 is 27.4 Å². The molecule has 0 amide bonds. The standard InChI is InChI=1S/2H2O.3O.H3P.V.Zn/h2*1H2;;;;1H3;;/q;;3*-2;;;+2/p-1. The van der Waals surface area contributed by atoms with Crippen LogP contribution < -0.4 is 0 Å². The van der Waals surface area contributed by atoms with Crippen LogP contribution in [-0.2, 0) is 54.5 Å². The first-order valence-corrected chi connectivity index (χ1v) is 0. The van der Waals surface area contributed by atoms with Crippen LogP contribution in [0, 0.1) is 0 Å². The van der Waals surface area contributed by atoms with Gasteiger partial charge in [0, 0.05) is 18.6 Å². The van der Waals surface area contributed by atoms with Gasteiger partial charge in [0.25, 0.3) is 0 Å². The van der Waals surface area contributed by atoms with E-state index in [1.165, 1.54) is 0 Å². The van der Waals surface area contributed by atoms with Crippen LogP contribution in [0.4, 0.5) is 0 Å². The van der Waals surface area contributed by atoms with E-state index in [0.717, 1.165) is 0 Å². The van der Waals surface area contributed by atoms with Gasteiger partial charge in [0.15, 0.2) is 0 Å². The summed E-state index contributed by atoms with van der Waals surface area (Å²) in [4.78, 5) is 0. The molecule has 1 radical (unpaired) electrons. The van der Waals surface area contributed by atoms with Crippen molar-refractivity contribution >= 4 is 9.90 Å².